The number of nitrogens with two attached hydrogens (primary N) is 1. The highest BCUT2D eigenvalue weighted by molar-refractivity contribution is 7.89. The Morgan fingerprint density at radius 1 is 1.19 bits per heavy atom. The number of hydrogen-bond donors (Lipinski definition) is 2. The molecule has 1 fully saturated rings. The molecule has 7 heteroatoms. The van der Waals surface area contributed by atoms with Crippen LogP contribution in [0.15, 0.2) is 17.0 Å². The third-order valence-electron chi connectivity index (χ3n) is 4.04. The molecule has 0 radical (unpaired) electrons. The van der Waals surface area contributed by atoms with Crippen molar-refractivity contribution in [2.24, 2.45) is 5.92 Å². The second-order valence-electron chi connectivity index (χ2n) is 5.56. The van der Waals surface area contributed by atoms with E-state index in [9.17, 15) is 17.2 Å². The Bertz CT molecular complexity index is 588. The van der Waals surface area contributed by atoms with E-state index in [1.54, 1.807) is 0 Å². The minimum absolute atomic E-state index is 0.146. The summed E-state index contributed by atoms with van der Waals surface area (Å²) < 4.78 is 54.2. The number of hydrogen-bond acceptors (Lipinski definition) is 3. The molecule has 1 aliphatic rings. The van der Waals surface area contributed by atoms with Gasteiger partial charge in [-0.3, -0.25) is 0 Å². The summed E-state index contributed by atoms with van der Waals surface area (Å²) in [5.41, 5.74) is 5.15. The second-order valence-corrected chi connectivity index (χ2v) is 7.21. The molecule has 4 nitrogen and oxygen atoms in total. The number of sulfonamides is 1. The Labute approximate surface area is 123 Å². The molecule has 118 valence electrons. The van der Waals surface area contributed by atoms with E-state index in [0.717, 1.165) is 31.4 Å². The number of benzene rings is 1. The zero-order valence-electron chi connectivity index (χ0n) is 11.9. The lowest BCUT2D eigenvalue weighted by atomic mass is 9.85. The van der Waals surface area contributed by atoms with Crippen molar-refractivity contribution in [3.05, 3.63) is 23.8 Å². The van der Waals surface area contributed by atoms with Crippen LogP contribution in [-0.2, 0) is 10.0 Å². The Kier molecular flexibility index (Phi) is 4.83. The van der Waals surface area contributed by atoms with Crippen molar-refractivity contribution in [2.75, 3.05) is 5.73 Å². The topological polar surface area (TPSA) is 72.2 Å². The molecule has 0 aliphatic heterocycles. The van der Waals surface area contributed by atoms with Gasteiger partial charge in [0, 0.05) is 11.7 Å². The molecule has 1 aliphatic carbocycles. The van der Waals surface area contributed by atoms with Gasteiger partial charge in [-0.25, -0.2) is 21.9 Å². The molecular weight excluding hydrogens is 298 g/mol. The Balaban J connectivity index is 2.16. The van der Waals surface area contributed by atoms with Crippen molar-refractivity contribution in [2.45, 2.75) is 50.0 Å². The fraction of sp³-hybridized carbons (Fsp3) is 0.571. The maximum Gasteiger partial charge on any atom is 0.246 e. The third-order valence-corrected chi connectivity index (χ3v) is 5.61. The Morgan fingerprint density at radius 3 is 2.19 bits per heavy atom. The van der Waals surface area contributed by atoms with E-state index in [1.165, 1.54) is 0 Å². The molecule has 0 heterocycles. The molecule has 21 heavy (non-hydrogen) atoms. The molecule has 0 atom stereocenters. The number of nitrogens with one attached hydrogen (secondary N) is 1. The van der Waals surface area contributed by atoms with Crippen LogP contribution in [0.25, 0.3) is 0 Å². The van der Waals surface area contributed by atoms with Gasteiger partial charge in [-0.2, -0.15) is 0 Å². The summed E-state index contributed by atoms with van der Waals surface area (Å²) in [5.74, 6) is -1.72. The molecule has 0 spiro atoms. The van der Waals surface area contributed by atoms with Gasteiger partial charge in [0.15, 0.2) is 4.90 Å². The summed E-state index contributed by atoms with van der Waals surface area (Å²) >= 11 is 0. The van der Waals surface area contributed by atoms with Gasteiger partial charge in [-0.15, -0.1) is 0 Å². The first kappa shape index (κ1) is 16.2. The van der Waals surface area contributed by atoms with Crippen LogP contribution in [0.1, 0.15) is 39.0 Å². The first-order chi connectivity index (χ1) is 9.83. The minimum atomic E-state index is -4.22. The molecule has 0 unspecified atom stereocenters. The molecule has 1 aromatic rings. The van der Waals surface area contributed by atoms with Gasteiger partial charge in [0.1, 0.15) is 11.6 Å². The van der Waals surface area contributed by atoms with Gasteiger partial charge < -0.3 is 5.73 Å². The van der Waals surface area contributed by atoms with Crippen LogP contribution in [0.4, 0.5) is 14.5 Å². The lowest BCUT2D eigenvalue weighted by Gasteiger charge is -2.28. The molecule has 0 bridgehead atoms. The third kappa shape index (κ3) is 3.71. The lowest BCUT2D eigenvalue weighted by Crippen LogP contribution is -2.38. The van der Waals surface area contributed by atoms with Gasteiger partial charge in [-0.1, -0.05) is 13.3 Å². The van der Waals surface area contributed by atoms with Crippen molar-refractivity contribution in [1.82, 2.24) is 4.72 Å². The van der Waals surface area contributed by atoms with Crippen molar-refractivity contribution in [3.8, 4) is 0 Å². The van der Waals surface area contributed by atoms with Crippen LogP contribution in [0.2, 0.25) is 0 Å². The summed E-state index contributed by atoms with van der Waals surface area (Å²) in [6.45, 7) is 2.11. The van der Waals surface area contributed by atoms with Gasteiger partial charge >= 0.3 is 0 Å². The van der Waals surface area contributed by atoms with Crippen molar-refractivity contribution < 1.29 is 17.2 Å². The zero-order chi connectivity index (χ0) is 15.6. The number of anilines is 1. The predicted molar refractivity (Wildman–Crippen MR) is 77.1 cm³/mol. The van der Waals surface area contributed by atoms with E-state index in [4.69, 9.17) is 5.73 Å². The smallest absolute Gasteiger partial charge is 0.246 e. The maximum absolute atomic E-state index is 13.7. The monoisotopic (exact) mass is 318 g/mol. The molecule has 2 rings (SSSR count). The largest absolute Gasteiger partial charge is 0.399 e. The van der Waals surface area contributed by atoms with Crippen LogP contribution < -0.4 is 10.5 Å². The molecule has 1 saturated carbocycles. The molecule has 0 aromatic heterocycles. The van der Waals surface area contributed by atoms with Crippen LogP contribution >= 0.6 is 0 Å². The quantitative estimate of drug-likeness (QED) is 0.839. The summed E-state index contributed by atoms with van der Waals surface area (Å²) in [6, 6.07) is 1.35. The number of nitrogen functional groups attached to an aromatic ring is 1. The SMILES string of the molecule is CCC1CCC(NS(=O)(=O)c2c(F)cc(N)cc2F)CC1. The highest BCUT2D eigenvalue weighted by atomic mass is 32.2. The highest BCUT2D eigenvalue weighted by Gasteiger charge is 2.29. The van der Waals surface area contributed by atoms with Gasteiger partial charge in [0.25, 0.3) is 0 Å². The van der Waals surface area contributed by atoms with Crippen LogP contribution in [0, 0.1) is 17.6 Å². The van der Waals surface area contributed by atoms with E-state index in [2.05, 4.69) is 11.6 Å². The Morgan fingerprint density at radius 2 is 1.71 bits per heavy atom. The maximum atomic E-state index is 13.7. The summed E-state index contributed by atoms with van der Waals surface area (Å²) in [5, 5.41) is 0. The molecule has 0 amide bonds. The minimum Gasteiger partial charge on any atom is -0.399 e. The van der Waals surface area contributed by atoms with Crippen LogP contribution in [-0.4, -0.2) is 14.5 Å². The van der Waals surface area contributed by atoms with Crippen LogP contribution in [0.3, 0.4) is 0 Å². The van der Waals surface area contributed by atoms with Gasteiger partial charge in [0.05, 0.1) is 0 Å². The lowest BCUT2D eigenvalue weighted by molar-refractivity contribution is 0.306. The van der Waals surface area contributed by atoms with E-state index in [0.29, 0.717) is 18.8 Å². The van der Waals surface area contributed by atoms with Crippen molar-refractivity contribution >= 4 is 15.7 Å². The summed E-state index contributed by atoms with van der Waals surface area (Å²) in [6.07, 6.45) is 4.30. The van der Waals surface area contributed by atoms with Crippen molar-refractivity contribution in [1.29, 1.82) is 0 Å². The van der Waals surface area contributed by atoms with Gasteiger partial charge in [-0.05, 0) is 43.7 Å². The average molecular weight is 318 g/mol. The molecular formula is C14H20F2N2O2S. The first-order valence-electron chi connectivity index (χ1n) is 7.10. The fourth-order valence-electron chi connectivity index (χ4n) is 2.80. The van der Waals surface area contributed by atoms with Crippen LogP contribution in [0.5, 0.6) is 0 Å². The van der Waals surface area contributed by atoms with E-state index < -0.39 is 26.6 Å². The standard InChI is InChI=1S/C14H20F2N2O2S/c1-2-9-3-5-11(6-4-9)18-21(19,20)14-12(15)7-10(17)8-13(14)16/h7-9,11,18H,2-6,17H2,1H3. The molecule has 0 saturated heterocycles. The van der Waals surface area contributed by atoms with E-state index in [1.807, 2.05) is 0 Å². The normalized spacial score (nSPS) is 23.2. The predicted octanol–water partition coefficient (Wildman–Crippen LogP) is 2.79. The number of rotatable bonds is 4. The molecule has 3 N–H and O–H groups in total. The molecule has 1 aromatic carbocycles. The van der Waals surface area contributed by atoms with E-state index in [-0.39, 0.29) is 11.7 Å². The second kappa shape index (κ2) is 6.27. The average Bonchev–Trinajstić information content (AvgIpc) is 2.37. The van der Waals surface area contributed by atoms with E-state index >= 15 is 0 Å². The van der Waals surface area contributed by atoms with Gasteiger partial charge in [0.2, 0.25) is 10.0 Å². The fourth-order valence-corrected chi connectivity index (χ4v) is 4.23. The summed E-state index contributed by atoms with van der Waals surface area (Å²) in [7, 11) is -4.22. The highest BCUT2D eigenvalue weighted by Crippen LogP contribution is 2.28. The van der Waals surface area contributed by atoms with Crippen molar-refractivity contribution in [3.63, 3.8) is 0 Å². The number of halogens is 2. The Hall–Kier alpha value is -1.21. The first-order valence-corrected chi connectivity index (χ1v) is 8.58. The zero-order valence-corrected chi connectivity index (χ0v) is 12.7. The summed E-state index contributed by atoms with van der Waals surface area (Å²) in [4.78, 5) is -0.950.